The largest absolute Gasteiger partial charge is 0.494 e. The van der Waals surface area contributed by atoms with Crippen LogP contribution in [0.3, 0.4) is 0 Å². The molecule has 2 aliphatic rings. The number of para-hydroxylation sites is 1. The Labute approximate surface area is 182 Å². The van der Waals surface area contributed by atoms with Crippen molar-refractivity contribution >= 4 is 36.2 Å². The number of fused-ring (bicyclic) bond motifs is 2. The number of nitrogens with zero attached hydrogens (tertiary/aromatic N) is 1. The molecule has 150 valence electrons. The maximum Gasteiger partial charge on any atom is 0.494 e. The van der Waals surface area contributed by atoms with Crippen molar-refractivity contribution in [3.8, 4) is 11.1 Å². The zero-order valence-corrected chi connectivity index (χ0v) is 18.5. The topological polar surface area (TPSA) is 30.8 Å². The van der Waals surface area contributed by atoms with Crippen molar-refractivity contribution in [3.05, 3.63) is 72.3 Å². The Morgan fingerprint density at radius 2 is 1.43 bits per heavy atom. The minimum atomic E-state index is -0.344. The predicted octanol–water partition coefficient (Wildman–Crippen LogP) is 5.87. The number of hydrogen-bond acceptors (Lipinski definition) is 4. The molecule has 1 saturated heterocycles. The van der Waals surface area contributed by atoms with E-state index in [1.54, 1.807) is 11.8 Å². The fourth-order valence-electron chi connectivity index (χ4n) is 3.72. The molecule has 0 spiro atoms. The summed E-state index contributed by atoms with van der Waals surface area (Å²) in [5.74, 6) is 0. The second-order valence-corrected chi connectivity index (χ2v) is 9.84. The Morgan fingerprint density at radius 3 is 2.17 bits per heavy atom. The number of benzene rings is 3. The van der Waals surface area contributed by atoms with Crippen LogP contribution in [0.5, 0.6) is 0 Å². The average molecular weight is 413 g/mol. The van der Waals surface area contributed by atoms with E-state index in [2.05, 4.69) is 88.4 Å². The SMILES string of the molecule is CC1(C)OB(c2ccc(-c3cccc4c3C=Nc3ccccc3S4)cc2)OC1(C)C. The number of hydrogen-bond donors (Lipinski definition) is 0. The highest BCUT2D eigenvalue weighted by atomic mass is 32.2. The van der Waals surface area contributed by atoms with Gasteiger partial charge in [0.1, 0.15) is 0 Å². The van der Waals surface area contributed by atoms with Crippen LogP contribution in [-0.2, 0) is 9.31 Å². The molecule has 0 radical (unpaired) electrons. The molecular formula is C25H24BNO2S. The zero-order chi connectivity index (χ0) is 20.9. The summed E-state index contributed by atoms with van der Waals surface area (Å²) in [5.41, 5.74) is 4.87. The van der Waals surface area contributed by atoms with Crippen LogP contribution < -0.4 is 5.46 Å². The molecule has 0 bridgehead atoms. The maximum atomic E-state index is 6.19. The van der Waals surface area contributed by atoms with Crippen LogP contribution in [0.25, 0.3) is 11.1 Å². The van der Waals surface area contributed by atoms with E-state index in [4.69, 9.17) is 14.3 Å². The molecule has 0 amide bonds. The summed E-state index contributed by atoms with van der Waals surface area (Å²) in [5, 5.41) is 0. The van der Waals surface area contributed by atoms with Crippen molar-refractivity contribution in [2.24, 2.45) is 4.99 Å². The first-order chi connectivity index (χ1) is 14.3. The molecule has 2 heterocycles. The van der Waals surface area contributed by atoms with Gasteiger partial charge in [0.25, 0.3) is 0 Å². The summed E-state index contributed by atoms with van der Waals surface area (Å²) in [6.07, 6.45) is 1.99. The van der Waals surface area contributed by atoms with E-state index < -0.39 is 0 Å². The van der Waals surface area contributed by atoms with Crippen molar-refractivity contribution in [3.63, 3.8) is 0 Å². The molecule has 3 aromatic rings. The van der Waals surface area contributed by atoms with Crippen LogP contribution in [-0.4, -0.2) is 24.5 Å². The highest BCUT2D eigenvalue weighted by molar-refractivity contribution is 7.99. The van der Waals surface area contributed by atoms with Gasteiger partial charge in [-0.15, -0.1) is 0 Å². The molecule has 0 unspecified atom stereocenters. The highest BCUT2D eigenvalue weighted by Crippen LogP contribution is 2.41. The average Bonchev–Trinajstić information content (AvgIpc) is 2.86. The zero-order valence-electron chi connectivity index (χ0n) is 17.7. The van der Waals surface area contributed by atoms with E-state index in [1.165, 1.54) is 15.4 Å². The van der Waals surface area contributed by atoms with Gasteiger partial charge in [-0.05, 0) is 62.5 Å². The lowest BCUT2D eigenvalue weighted by Crippen LogP contribution is -2.41. The Hall–Kier alpha value is -2.34. The van der Waals surface area contributed by atoms with E-state index in [0.29, 0.717) is 0 Å². The lowest BCUT2D eigenvalue weighted by Gasteiger charge is -2.32. The van der Waals surface area contributed by atoms with Gasteiger partial charge in [-0.3, -0.25) is 4.99 Å². The van der Waals surface area contributed by atoms with Gasteiger partial charge in [-0.25, -0.2) is 0 Å². The van der Waals surface area contributed by atoms with Crippen LogP contribution in [0, 0.1) is 0 Å². The van der Waals surface area contributed by atoms with Gasteiger partial charge in [0, 0.05) is 21.6 Å². The van der Waals surface area contributed by atoms with Crippen LogP contribution in [0.4, 0.5) is 5.69 Å². The third-order valence-corrected chi connectivity index (χ3v) is 7.37. The van der Waals surface area contributed by atoms with E-state index in [0.717, 1.165) is 22.3 Å². The Kier molecular flexibility index (Phi) is 4.66. The molecule has 30 heavy (non-hydrogen) atoms. The lowest BCUT2D eigenvalue weighted by atomic mass is 9.78. The molecule has 0 aromatic heterocycles. The van der Waals surface area contributed by atoms with Gasteiger partial charge in [0.05, 0.1) is 16.9 Å². The summed E-state index contributed by atoms with van der Waals surface area (Å²) < 4.78 is 12.4. The first-order valence-corrected chi connectivity index (χ1v) is 11.1. The first-order valence-electron chi connectivity index (χ1n) is 10.2. The molecule has 5 rings (SSSR count). The smallest absolute Gasteiger partial charge is 0.399 e. The Bertz CT molecular complexity index is 1120. The first kappa shape index (κ1) is 19.6. The van der Waals surface area contributed by atoms with Gasteiger partial charge >= 0.3 is 7.12 Å². The van der Waals surface area contributed by atoms with E-state index in [9.17, 15) is 0 Å². The molecule has 3 nitrogen and oxygen atoms in total. The van der Waals surface area contributed by atoms with Crippen molar-refractivity contribution in [1.82, 2.24) is 0 Å². The summed E-state index contributed by atoms with van der Waals surface area (Å²) in [4.78, 5) is 7.14. The highest BCUT2D eigenvalue weighted by Gasteiger charge is 2.51. The normalized spacial score (nSPS) is 18.6. The number of aliphatic imine (C=N–C) groups is 1. The predicted molar refractivity (Wildman–Crippen MR) is 125 cm³/mol. The molecule has 1 fully saturated rings. The lowest BCUT2D eigenvalue weighted by molar-refractivity contribution is 0.00578. The molecule has 0 N–H and O–H groups in total. The Balaban J connectivity index is 1.48. The van der Waals surface area contributed by atoms with Crippen LogP contribution in [0.2, 0.25) is 0 Å². The molecule has 5 heteroatoms. The van der Waals surface area contributed by atoms with Crippen molar-refractivity contribution in [1.29, 1.82) is 0 Å². The van der Waals surface area contributed by atoms with Gasteiger partial charge in [0.2, 0.25) is 0 Å². The second kappa shape index (κ2) is 7.12. The molecule has 2 aliphatic heterocycles. The monoisotopic (exact) mass is 413 g/mol. The van der Waals surface area contributed by atoms with Crippen molar-refractivity contribution < 1.29 is 9.31 Å². The molecule has 0 aliphatic carbocycles. The summed E-state index contributed by atoms with van der Waals surface area (Å²) in [6, 6.07) is 23.2. The third-order valence-electron chi connectivity index (χ3n) is 6.23. The van der Waals surface area contributed by atoms with E-state index >= 15 is 0 Å². The number of rotatable bonds is 2. The second-order valence-electron chi connectivity index (χ2n) is 8.76. The quantitative estimate of drug-likeness (QED) is 0.385. The van der Waals surface area contributed by atoms with Crippen molar-refractivity contribution in [2.75, 3.05) is 0 Å². The summed E-state index contributed by atoms with van der Waals surface area (Å²) >= 11 is 1.77. The molecule has 3 aromatic carbocycles. The maximum absolute atomic E-state index is 6.19. The van der Waals surface area contributed by atoms with Gasteiger partial charge in [-0.2, -0.15) is 0 Å². The minimum absolute atomic E-state index is 0.338. The molecule has 0 atom stereocenters. The van der Waals surface area contributed by atoms with Crippen LogP contribution >= 0.6 is 11.8 Å². The standard InChI is InChI=1S/C25H24BNO2S/c1-24(2)25(3,4)29-26(28-24)18-14-12-17(13-15-18)19-8-7-11-22-20(19)16-27-21-9-5-6-10-23(21)30-22/h5-16H,1-4H3. The Morgan fingerprint density at radius 1 is 0.767 bits per heavy atom. The van der Waals surface area contributed by atoms with Crippen LogP contribution in [0.15, 0.2) is 81.5 Å². The van der Waals surface area contributed by atoms with Gasteiger partial charge in [-0.1, -0.05) is 60.3 Å². The van der Waals surface area contributed by atoms with Crippen LogP contribution in [0.1, 0.15) is 33.3 Å². The third kappa shape index (κ3) is 3.31. The molecular weight excluding hydrogens is 389 g/mol. The minimum Gasteiger partial charge on any atom is -0.399 e. The fraction of sp³-hybridized carbons (Fsp3) is 0.240. The van der Waals surface area contributed by atoms with Gasteiger partial charge < -0.3 is 9.31 Å². The van der Waals surface area contributed by atoms with Gasteiger partial charge in [0.15, 0.2) is 0 Å². The fourth-order valence-corrected chi connectivity index (χ4v) is 4.75. The van der Waals surface area contributed by atoms with E-state index in [1.807, 2.05) is 12.3 Å². The summed E-state index contributed by atoms with van der Waals surface area (Å²) in [7, 11) is -0.344. The van der Waals surface area contributed by atoms with E-state index in [-0.39, 0.29) is 18.3 Å². The molecule has 0 saturated carbocycles. The summed E-state index contributed by atoms with van der Waals surface area (Å²) in [6.45, 7) is 8.32. The van der Waals surface area contributed by atoms with Crippen molar-refractivity contribution in [2.45, 2.75) is 48.7 Å².